The average molecular weight is 371 g/mol. The van der Waals surface area contributed by atoms with Crippen LogP contribution in [0, 0.1) is 5.92 Å². The van der Waals surface area contributed by atoms with Gasteiger partial charge in [-0.3, -0.25) is 4.79 Å². The summed E-state index contributed by atoms with van der Waals surface area (Å²) < 4.78 is 9.69. The minimum Gasteiger partial charge on any atom is -0.481 e. The van der Waals surface area contributed by atoms with Crippen LogP contribution < -0.4 is 10.1 Å². The van der Waals surface area contributed by atoms with Gasteiger partial charge in [-0.2, -0.15) is 0 Å². The molecule has 1 fully saturated rings. The number of carboxylic acid groups (broad SMARTS) is 1. The molecular formula is C16H19ClN2O6. The molecule has 9 heteroatoms. The number of carbonyl (C=O) groups excluding carboxylic acids is 2. The molecule has 1 saturated heterocycles. The number of aliphatic carboxylic acids is 1. The van der Waals surface area contributed by atoms with E-state index in [9.17, 15) is 14.4 Å². The zero-order valence-electron chi connectivity index (χ0n) is 13.7. The molecule has 0 atom stereocenters. The molecule has 8 nitrogen and oxygen atoms in total. The highest BCUT2D eigenvalue weighted by molar-refractivity contribution is 6.32. The quantitative estimate of drug-likeness (QED) is 0.770. The van der Waals surface area contributed by atoms with Gasteiger partial charge in [0.1, 0.15) is 5.75 Å². The maximum Gasteiger partial charge on any atom is 0.343 e. The van der Waals surface area contributed by atoms with Gasteiger partial charge in [-0.25, -0.2) is 9.59 Å². The molecule has 2 N–H and O–H groups in total. The van der Waals surface area contributed by atoms with E-state index >= 15 is 0 Å². The zero-order chi connectivity index (χ0) is 18.4. The van der Waals surface area contributed by atoms with Gasteiger partial charge in [0.25, 0.3) is 0 Å². The van der Waals surface area contributed by atoms with E-state index < -0.39 is 17.9 Å². The Labute approximate surface area is 149 Å². The van der Waals surface area contributed by atoms with Crippen LogP contribution in [-0.2, 0) is 14.3 Å². The monoisotopic (exact) mass is 370 g/mol. The van der Waals surface area contributed by atoms with E-state index in [0.29, 0.717) is 37.4 Å². The van der Waals surface area contributed by atoms with Crippen LogP contribution in [0.15, 0.2) is 18.2 Å². The van der Waals surface area contributed by atoms with Gasteiger partial charge in [0.2, 0.25) is 0 Å². The standard InChI is InChI=1S/C16H19ClN2O6/c1-24-14(20)9-25-13-3-2-11(8-12(13)17)18-16(23)19-6-4-10(5-7-19)15(21)22/h2-3,8,10H,4-7,9H2,1H3,(H,18,23)(H,21,22). The van der Waals surface area contributed by atoms with Gasteiger partial charge in [0, 0.05) is 18.8 Å². The van der Waals surface area contributed by atoms with Gasteiger partial charge < -0.3 is 24.8 Å². The number of anilines is 1. The molecule has 2 rings (SSSR count). The minimum absolute atomic E-state index is 0.242. The normalized spacial score (nSPS) is 14.7. The fourth-order valence-corrected chi connectivity index (χ4v) is 2.66. The highest BCUT2D eigenvalue weighted by Crippen LogP contribution is 2.28. The third-order valence-electron chi connectivity index (χ3n) is 3.89. The van der Waals surface area contributed by atoms with Crippen LogP contribution in [0.25, 0.3) is 0 Å². The molecule has 136 valence electrons. The molecule has 1 heterocycles. The first-order valence-corrected chi connectivity index (χ1v) is 8.06. The second-order valence-electron chi connectivity index (χ2n) is 5.54. The second kappa shape index (κ2) is 8.57. The van der Waals surface area contributed by atoms with E-state index in [0.717, 1.165) is 0 Å². The van der Waals surface area contributed by atoms with Gasteiger partial charge >= 0.3 is 18.0 Å². The van der Waals surface area contributed by atoms with Crippen molar-refractivity contribution in [1.29, 1.82) is 0 Å². The Morgan fingerprint density at radius 2 is 2.00 bits per heavy atom. The van der Waals surface area contributed by atoms with E-state index in [1.807, 2.05) is 0 Å². The predicted molar refractivity (Wildman–Crippen MR) is 89.9 cm³/mol. The van der Waals surface area contributed by atoms with Crippen molar-refractivity contribution < 1.29 is 29.0 Å². The number of carbonyl (C=O) groups is 3. The average Bonchev–Trinajstić information content (AvgIpc) is 2.60. The molecule has 0 spiro atoms. The maximum absolute atomic E-state index is 12.2. The number of nitrogens with one attached hydrogen (secondary N) is 1. The van der Waals surface area contributed by atoms with E-state index in [2.05, 4.69) is 10.1 Å². The smallest absolute Gasteiger partial charge is 0.343 e. The molecule has 25 heavy (non-hydrogen) atoms. The van der Waals surface area contributed by atoms with Gasteiger partial charge in [-0.1, -0.05) is 11.6 Å². The lowest BCUT2D eigenvalue weighted by Gasteiger charge is -2.30. The summed E-state index contributed by atoms with van der Waals surface area (Å²) in [5.74, 6) is -1.45. The summed E-state index contributed by atoms with van der Waals surface area (Å²) >= 11 is 6.07. The van der Waals surface area contributed by atoms with Gasteiger partial charge in [-0.15, -0.1) is 0 Å². The largest absolute Gasteiger partial charge is 0.481 e. The van der Waals surface area contributed by atoms with Crippen LogP contribution in [0.1, 0.15) is 12.8 Å². The fourth-order valence-electron chi connectivity index (χ4n) is 2.42. The highest BCUT2D eigenvalue weighted by atomic mass is 35.5. The summed E-state index contributed by atoms with van der Waals surface area (Å²) in [5.41, 5.74) is 0.473. The summed E-state index contributed by atoms with van der Waals surface area (Å²) in [6, 6.07) is 4.33. The van der Waals surface area contributed by atoms with Crippen LogP contribution in [0.3, 0.4) is 0 Å². The Kier molecular flexibility index (Phi) is 6.46. The number of hydrogen-bond donors (Lipinski definition) is 2. The van der Waals surface area contributed by atoms with Crippen molar-refractivity contribution in [3.8, 4) is 5.75 Å². The molecule has 0 aliphatic carbocycles. The number of benzene rings is 1. The Morgan fingerprint density at radius 1 is 1.32 bits per heavy atom. The number of piperidine rings is 1. The number of ether oxygens (including phenoxy) is 2. The first-order chi connectivity index (χ1) is 11.9. The zero-order valence-corrected chi connectivity index (χ0v) is 14.4. The number of hydrogen-bond acceptors (Lipinski definition) is 5. The van der Waals surface area contributed by atoms with Crippen molar-refractivity contribution in [3.05, 3.63) is 23.2 Å². The molecule has 1 aromatic carbocycles. The van der Waals surface area contributed by atoms with E-state index in [1.165, 1.54) is 19.2 Å². The van der Waals surface area contributed by atoms with Crippen LogP contribution >= 0.6 is 11.6 Å². The Bertz CT molecular complexity index is 658. The topological polar surface area (TPSA) is 105 Å². The summed E-state index contributed by atoms with van der Waals surface area (Å²) in [5, 5.41) is 11.9. The van der Waals surface area contributed by atoms with Gasteiger partial charge in [0.05, 0.1) is 18.1 Å². The van der Waals surface area contributed by atoms with Crippen LogP contribution in [0.4, 0.5) is 10.5 Å². The third-order valence-corrected chi connectivity index (χ3v) is 4.18. The van der Waals surface area contributed by atoms with E-state index in [1.54, 1.807) is 11.0 Å². The molecule has 0 unspecified atom stereocenters. The van der Waals surface area contributed by atoms with Crippen LogP contribution in [0.2, 0.25) is 5.02 Å². The van der Waals surface area contributed by atoms with Gasteiger partial charge in [-0.05, 0) is 31.0 Å². The van der Waals surface area contributed by atoms with E-state index in [-0.39, 0.29) is 17.7 Å². The Morgan fingerprint density at radius 3 is 2.56 bits per heavy atom. The number of rotatable bonds is 5. The SMILES string of the molecule is COC(=O)COc1ccc(NC(=O)N2CCC(C(=O)O)CC2)cc1Cl. The van der Waals surface area contributed by atoms with Crippen molar-refractivity contribution in [2.24, 2.45) is 5.92 Å². The Hall–Kier alpha value is -2.48. The third kappa shape index (κ3) is 5.25. The molecular weight excluding hydrogens is 352 g/mol. The number of methoxy groups -OCH3 is 1. The predicted octanol–water partition coefficient (Wildman–Crippen LogP) is 2.22. The lowest BCUT2D eigenvalue weighted by atomic mass is 9.97. The lowest BCUT2D eigenvalue weighted by Crippen LogP contribution is -2.42. The van der Waals surface area contributed by atoms with Crippen molar-refractivity contribution in [1.82, 2.24) is 4.90 Å². The first-order valence-electron chi connectivity index (χ1n) is 7.68. The number of halogens is 1. The number of amides is 2. The number of likely N-dealkylation sites (tertiary alicyclic amines) is 1. The van der Waals surface area contributed by atoms with Gasteiger partial charge in [0.15, 0.2) is 6.61 Å². The second-order valence-corrected chi connectivity index (χ2v) is 5.95. The summed E-state index contributed by atoms with van der Waals surface area (Å²) in [4.78, 5) is 35.8. The molecule has 1 aliphatic heterocycles. The fraction of sp³-hybridized carbons (Fsp3) is 0.438. The first kappa shape index (κ1) is 18.9. The van der Waals surface area contributed by atoms with Crippen molar-refractivity contribution >= 4 is 35.3 Å². The maximum atomic E-state index is 12.2. The van der Waals surface area contributed by atoms with Crippen molar-refractivity contribution in [2.75, 3.05) is 32.1 Å². The summed E-state index contributed by atoms with van der Waals surface area (Å²) in [6.07, 6.45) is 0.869. The summed E-state index contributed by atoms with van der Waals surface area (Å²) in [6.45, 7) is 0.508. The molecule has 2 amide bonds. The molecule has 0 bridgehead atoms. The molecule has 0 aromatic heterocycles. The Balaban J connectivity index is 1.90. The molecule has 0 saturated carbocycles. The number of nitrogens with zero attached hydrogens (tertiary/aromatic N) is 1. The lowest BCUT2D eigenvalue weighted by molar-refractivity contribution is -0.143. The van der Waals surface area contributed by atoms with Crippen LogP contribution in [0.5, 0.6) is 5.75 Å². The van der Waals surface area contributed by atoms with E-state index in [4.69, 9.17) is 21.4 Å². The molecule has 1 aromatic rings. The summed E-state index contributed by atoms with van der Waals surface area (Å²) in [7, 11) is 1.26. The van der Waals surface area contributed by atoms with Crippen LogP contribution in [-0.4, -0.2) is 54.8 Å². The molecule has 1 aliphatic rings. The number of urea groups is 1. The number of carboxylic acids is 1. The van der Waals surface area contributed by atoms with Crippen molar-refractivity contribution in [2.45, 2.75) is 12.8 Å². The number of esters is 1. The van der Waals surface area contributed by atoms with Crippen molar-refractivity contribution in [3.63, 3.8) is 0 Å². The highest BCUT2D eigenvalue weighted by Gasteiger charge is 2.27. The minimum atomic E-state index is -0.825. The molecule has 0 radical (unpaired) electrons.